The summed E-state index contributed by atoms with van der Waals surface area (Å²) in [6, 6.07) is 0. The largest absolute Gasteiger partial charge is 0.194 e. The second-order valence-corrected chi connectivity index (χ2v) is 7.53. The van der Waals surface area contributed by atoms with E-state index in [9.17, 15) is 4.53 Å². The fourth-order valence-corrected chi connectivity index (χ4v) is 3.41. The lowest BCUT2D eigenvalue weighted by Crippen LogP contribution is -1.86. The van der Waals surface area contributed by atoms with E-state index in [2.05, 4.69) is 11.9 Å². The summed E-state index contributed by atoms with van der Waals surface area (Å²) in [5, 5.41) is 0. The molecule has 0 atom stereocenters. The van der Waals surface area contributed by atoms with Gasteiger partial charge >= 0.3 is 0 Å². The lowest BCUT2D eigenvalue weighted by molar-refractivity contribution is -0.133. The van der Waals surface area contributed by atoms with Gasteiger partial charge < -0.3 is 0 Å². The van der Waals surface area contributed by atoms with Gasteiger partial charge in [-0.05, 0) is 10.9 Å². The number of hydrogen-bond donors (Lipinski definition) is 0. The average molecular weight is 345 g/mol. The second-order valence-electron chi connectivity index (χ2n) is 7.53. The van der Waals surface area contributed by atoms with Crippen LogP contribution >= 0.6 is 0 Å². The molecule has 0 saturated heterocycles. The lowest BCUT2D eigenvalue weighted by Gasteiger charge is -2.04. The standard InChI is InChI=1S/C22H45FO/c1-2-3-4-5-6-7-8-9-10-11-12-13-14-15-16-17-18-19-20-21-22-24-23/h2-22H2,1H3. The monoisotopic (exact) mass is 344 g/mol. The molecule has 0 aromatic carbocycles. The zero-order valence-corrected chi connectivity index (χ0v) is 16.6. The SMILES string of the molecule is CCCCCCCCCCCCCCCCCCCCCCOF. The number of unbranched alkanes of at least 4 members (excludes halogenated alkanes) is 19. The Balaban J connectivity index is 2.93. The molecule has 1 nitrogen and oxygen atoms in total. The Hall–Kier alpha value is -0.110. The van der Waals surface area contributed by atoms with Crippen LogP contribution in [0.4, 0.5) is 4.53 Å². The molecule has 0 N–H and O–H groups in total. The van der Waals surface area contributed by atoms with Crippen LogP contribution in [-0.4, -0.2) is 6.61 Å². The van der Waals surface area contributed by atoms with Gasteiger partial charge in [0.25, 0.3) is 0 Å². The summed E-state index contributed by atoms with van der Waals surface area (Å²) in [4.78, 5) is 3.58. The van der Waals surface area contributed by atoms with Gasteiger partial charge in [0.05, 0.1) is 6.61 Å². The third-order valence-electron chi connectivity index (χ3n) is 5.08. The molecule has 0 heterocycles. The fraction of sp³-hybridized carbons (Fsp3) is 1.00. The van der Waals surface area contributed by atoms with E-state index in [1.807, 2.05) is 0 Å². The summed E-state index contributed by atoms with van der Waals surface area (Å²) in [6.45, 7) is 2.56. The minimum atomic E-state index is 0.277. The topological polar surface area (TPSA) is 9.23 Å². The highest BCUT2D eigenvalue weighted by Gasteiger charge is 1.95. The molecule has 0 aliphatic rings. The molecule has 2 heteroatoms. The number of rotatable bonds is 21. The molecule has 0 bridgehead atoms. The molecule has 146 valence electrons. The van der Waals surface area contributed by atoms with Crippen molar-refractivity contribution in [1.82, 2.24) is 0 Å². The van der Waals surface area contributed by atoms with Crippen molar-refractivity contribution >= 4 is 0 Å². The van der Waals surface area contributed by atoms with Gasteiger partial charge in [0.2, 0.25) is 0 Å². The predicted octanol–water partition coefficient (Wildman–Crippen LogP) is 8.71. The van der Waals surface area contributed by atoms with Crippen LogP contribution in [0.5, 0.6) is 0 Å². The molecule has 0 fully saturated rings. The molecule has 0 spiro atoms. The zero-order chi connectivity index (χ0) is 17.6. The van der Waals surface area contributed by atoms with E-state index in [-0.39, 0.29) is 6.61 Å². The van der Waals surface area contributed by atoms with E-state index in [4.69, 9.17) is 0 Å². The molecule has 24 heavy (non-hydrogen) atoms. The van der Waals surface area contributed by atoms with Crippen LogP contribution < -0.4 is 0 Å². The summed E-state index contributed by atoms with van der Waals surface area (Å²) in [5.41, 5.74) is 0. The first-order valence-electron chi connectivity index (χ1n) is 11.2. The highest BCUT2D eigenvalue weighted by Crippen LogP contribution is 2.14. The maximum Gasteiger partial charge on any atom is 0.0876 e. The molecule has 0 aromatic heterocycles. The van der Waals surface area contributed by atoms with Crippen molar-refractivity contribution in [3.63, 3.8) is 0 Å². The Morgan fingerprint density at radius 1 is 0.417 bits per heavy atom. The van der Waals surface area contributed by atoms with Gasteiger partial charge in [-0.3, -0.25) is 0 Å². The Bertz CT molecular complexity index is 186. The minimum absolute atomic E-state index is 0.277. The molecular weight excluding hydrogens is 299 g/mol. The van der Waals surface area contributed by atoms with Crippen molar-refractivity contribution in [3.8, 4) is 0 Å². The zero-order valence-electron chi connectivity index (χ0n) is 16.6. The van der Waals surface area contributed by atoms with Gasteiger partial charge in [-0.2, -0.15) is 4.94 Å². The van der Waals surface area contributed by atoms with E-state index < -0.39 is 0 Å². The second kappa shape index (κ2) is 22.9. The van der Waals surface area contributed by atoms with E-state index in [0.29, 0.717) is 0 Å². The minimum Gasteiger partial charge on any atom is -0.194 e. The van der Waals surface area contributed by atoms with Crippen molar-refractivity contribution in [1.29, 1.82) is 0 Å². The Morgan fingerprint density at radius 3 is 0.917 bits per heavy atom. The first-order chi connectivity index (χ1) is 11.9. The summed E-state index contributed by atoms with van der Waals surface area (Å²) >= 11 is 0. The van der Waals surface area contributed by atoms with Crippen molar-refractivity contribution in [2.24, 2.45) is 0 Å². The average Bonchev–Trinajstić information content (AvgIpc) is 2.60. The third kappa shape index (κ3) is 21.9. The van der Waals surface area contributed by atoms with Crippen molar-refractivity contribution < 1.29 is 9.47 Å². The van der Waals surface area contributed by atoms with Gasteiger partial charge in [0, 0.05) is 0 Å². The molecule has 0 aromatic rings. The smallest absolute Gasteiger partial charge is 0.0876 e. The highest BCUT2D eigenvalue weighted by atomic mass is 19.3. The van der Waals surface area contributed by atoms with Gasteiger partial charge in [-0.1, -0.05) is 129 Å². The first kappa shape index (κ1) is 23.9. The van der Waals surface area contributed by atoms with E-state index in [1.54, 1.807) is 0 Å². The third-order valence-corrected chi connectivity index (χ3v) is 5.08. The van der Waals surface area contributed by atoms with Crippen molar-refractivity contribution in [3.05, 3.63) is 0 Å². The van der Waals surface area contributed by atoms with E-state index >= 15 is 0 Å². The Labute approximate surface area is 152 Å². The lowest BCUT2D eigenvalue weighted by atomic mass is 10.0. The van der Waals surface area contributed by atoms with Crippen LogP contribution in [0.25, 0.3) is 0 Å². The molecule has 0 radical (unpaired) electrons. The van der Waals surface area contributed by atoms with Crippen LogP contribution in [0.15, 0.2) is 0 Å². The molecule has 0 unspecified atom stereocenters. The van der Waals surface area contributed by atoms with Crippen LogP contribution in [-0.2, 0) is 4.94 Å². The van der Waals surface area contributed by atoms with Crippen LogP contribution in [0.1, 0.15) is 135 Å². The van der Waals surface area contributed by atoms with Crippen molar-refractivity contribution in [2.45, 2.75) is 135 Å². The Kier molecular flexibility index (Phi) is 22.8. The van der Waals surface area contributed by atoms with Gasteiger partial charge in [0.15, 0.2) is 0 Å². The molecular formula is C22H45FO. The highest BCUT2D eigenvalue weighted by molar-refractivity contribution is 4.50. The maximum absolute atomic E-state index is 11.4. The summed E-state index contributed by atoms with van der Waals surface area (Å²) in [6.07, 6.45) is 27.4. The molecule has 0 rings (SSSR count). The molecule has 0 aliphatic carbocycles. The summed E-state index contributed by atoms with van der Waals surface area (Å²) < 4.78 is 11.4. The normalized spacial score (nSPS) is 11.2. The van der Waals surface area contributed by atoms with Crippen LogP contribution in [0, 0.1) is 0 Å². The quantitative estimate of drug-likeness (QED) is 0.189. The van der Waals surface area contributed by atoms with Gasteiger partial charge in [-0.25, -0.2) is 0 Å². The first-order valence-corrected chi connectivity index (χ1v) is 11.2. The number of halogens is 1. The van der Waals surface area contributed by atoms with Crippen molar-refractivity contribution in [2.75, 3.05) is 6.61 Å². The van der Waals surface area contributed by atoms with E-state index in [1.165, 1.54) is 116 Å². The predicted molar refractivity (Wildman–Crippen MR) is 105 cm³/mol. The fourth-order valence-electron chi connectivity index (χ4n) is 3.41. The summed E-state index contributed by atoms with van der Waals surface area (Å²) in [7, 11) is 0. The van der Waals surface area contributed by atoms with E-state index in [0.717, 1.165) is 12.8 Å². The molecule has 0 amide bonds. The maximum atomic E-state index is 11.4. The van der Waals surface area contributed by atoms with Crippen LogP contribution in [0.3, 0.4) is 0 Å². The Morgan fingerprint density at radius 2 is 0.667 bits per heavy atom. The summed E-state index contributed by atoms with van der Waals surface area (Å²) in [5.74, 6) is 0. The van der Waals surface area contributed by atoms with Crippen LogP contribution in [0.2, 0.25) is 0 Å². The van der Waals surface area contributed by atoms with Gasteiger partial charge in [-0.15, -0.1) is 0 Å². The molecule has 0 aliphatic heterocycles. The van der Waals surface area contributed by atoms with Gasteiger partial charge in [0.1, 0.15) is 0 Å². The number of hydrogen-bond acceptors (Lipinski definition) is 1. The molecule has 0 saturated carbocycles.